The van der Waals surface area contributed by atoms with Gasteiger partial charge < -0.3 is 10.3 Å². The number of aromatic nitrogens is 2. The number of nitrogens with zero attached hydrogens (tertiary/aromatic N) is 2. The van der Waals surface area contributed by atoms with Crippen LogP contribution in [0.2, 0.25) is 0 Å². The molecule has 0 aliphatic carbocycles. The summed E-state index contributed by atoms with van der Waals surface area (Å²) in [6, 6.07) is 14.7. The number of halogens is 1. The summed E-state index contributed by atoms with van der Waals surface area (Å²) in [5.41, 5.74) is 10.6. The number of fused-ring (bicyclic) bond motifs is 1. The maximum atomic E-state index is 6.04. The second kappa shape index (κ2) is 5.29. The first kappa shape index (κ1) is 13.2. The minimum Gasteiger partial charge on any atom is -0.369 e. The van der Waals surface area contributed by atoms with Crippen LogP contribution in [0.3, 0.4) is 0 Å². The van der Waals surface area contributed by atoms with Gasteiger partial charge in [0.25, 0.3) is 0 Å². The van der Waals surface area contributed by atoms with Crippen LogP contribution in [0.4, 0.5) is 5.95 Å². The molecule has 0 atom stereocenters. The molecule has 1 aromatic heterocycles. The van der Waals surface area contributed by atoms with Gasteiger partial charge in [0, 0.05) is 4.47 Å². The number of imidazole rings is 1. The minimum atomic E-state index is 0.553. The van der Waals surface area contributed by atoms with Crippen LogP contribution in [-0.2, 0) is 13.0 Å². The van der Waals surface area contributed by atoms with Gasteiger partial charge in [-0.3, -0.25) is 0 Å². The van der Waals surface area contributed by atoms with Crippen molar-refractivity contribution >= 4 is 32.9 Å². The summed E-state index contributed by atoms with van der Waals surface area (Å²) in [5, 5.41) is 0. The normalized spacial score (nSPS) is 11.1. The average molecular weight is 330 g/mol. The number of aryl methyl sites for hydroxylation is 1. The second-order valence-electron chi connectivity index (χ2n) is 4.86. The maximum Gasteiger partial charge on any atom is 0.201 e. The molecular weight excluding hydrogens is 314 g/mol. The van der Waals surface area contributed by atoms with Gasteiger partial charge in [-0.1, -0.05) is 47.1 Å². The molecule has 0 saturated heterocycles. The van der Waals surface area contributed by atoms with Crippen LogP contribution in [0.25, 0.3) is 11.0 Å². The number of benzene rings is 2. The summed E-state index contributed by atoms with van der Waals surface area (Å²) in [4.78, 5) is 4.40. The van der Waals surface area contributed by atoms with Gasteiger partial charge in [-0.25, -0.2) is 4.98 Å². The molecule has 3 rings (SSSR count). The summed E-state index contributed by atoms with van der Waals surface area (Å²) in [7, 11) is 0. The Hall–Kier alpha value is -1.81. The third kappa shape index (κ3) is 2.43. The molecular formula is C16H16BrN3. The summed E-state index contributed by atoms with van der Waals surface area (Å²) < 4.78 is 3.08. The quantitative estimate of drug-likeness (QED) is 0.789. The van der Waals surface area contributed by atoms with E-state index in [-0.39, 0.29) is 0 Å². The molecule has 0 radical (unpaired) electrons. The van der Waals surface area contributed by atoms with Gasteiger partial charge in [0.15, 0.2) is 0 Å². The van der Waals surface area contributed by atoms with E-state index in [2.05, 4.69) is 58.2 Å². The molecule has 0 bridgehead atoms. The summed E-state index contributed by atoms with van der Waals surface area (Å²) in [6.45, 7) is 2.90. The molecule has 2 aromatic carbocycles. The largest absolute Gasteiger partial charge is 0.369 e. The SMILES string of the molecule is CCc1ccc(Cn2c(N)nc3ccc(Br)cc32)cc1. The van der Waals surface area contributed by atoms with Crippen molar-refractivity contribution in [3.63, 3.8) is 0 Å². The minimum absolute atomic E-state index is 0.553. The molecule has 0 aliphatic heterocycles. The predicted octanol–water partition coefficient (Wildman–Crippen LogP) is 3.99. The first-order valence-corrected chi connectivity index (χ1v) is 7.45. The van der Waals surface area contributed by atoms with Crippen LogP contribution in [-0.4, -0.2) is 9.55 Å². The Kier molecular flexibility index (Phi) is 3.49. The number of hydrogen-bond donors (Lipinski definition) is 1. The number of rotatable bonds is 3. The molecule has 3 nitrogen and oxygen atoms in total. The second-order valence-corrected chi connectivity index (χ2v) is 5.77. The first-order valence-electron chi connectivity index (χ1n) is 6.66. The third-order valence-corrected chi connectivity index (χ3v) is 4.00. The van der Waals surface area contributed by atoms with Crippen molar-refractivity contribution in [1.29, 1.82) is 0 Å². The lowest BCUT2D eigenvalue weighted by atomic mass is 10.1. The van der Waals surface area contributed by atoms with Gasteiger partial charge in [0.1, 0.15) is 0 Å². The zero-order valence-corrected chi connectivity index (χ0v) is 12.9. The number of nitrogens with two attached hydrogens (primary N) is 1. The molecule has 3 aromatic rings. The molecule has 1 heterocycles. The Morgan fingerprint density at radius 1 is 1.10 bits per heavy atom. The van der Waals surface area contributed by atoms with Crippen molar-refractivity contribution in [2.45, 2.75) is 19.9 Å². The monoisotopic (exact) mass is 329 g/mol. The molecule has 4 heteroatoms. The van der Waals surface area contributed by atoms with Crippen LogP contribution < -0.4 is 5.73 Å². The fraction of sp³-hybridized carbons (Fsp3) is 0.188. The standard InChI is InChI=1S/C16H16BrN3/c1-2-11-3-5-12(6-4-11)10-20-15-9-13(17)7-8-14(15)19-16(20)18/h3-9H,2,10H2,1H3,(H2,18,19). The zero-order chi connectivity index (χ0) is 14.1. The smallest absolute Gasteiger partial charge is 0.201 e. The topological polar surface area (TPSA) is 43.8 Å². The van der Waals surface area contributed by atoms with Crippen LogP contribution in [0.15, 0.2) is 46.9 Å². The molecule has 0 aliphatic rings. The van der Waals surface area contributed by atoms with E-state index in [0.29, 0.717) is 5.95 Å². The van der Waals surface area contributed by atoms with E-state index in [1.54, 1.807) is 0 Å². The van der Waals surface area contributed by atoms with E-state index in [1.165, 1.54) is 11.1 Å². The predicted molar refractivity (Wildman–Crippen MR) is 86.8 cm³/mol. The van der Waals surface area contributed by atoms with Crippen LogP contribution in [0, 0.1) is 0 Å². The Morgan fingerprint density at radius 3 is 2.50 bits per heavy atom. The molecule has 2 N–H and O–H groups in total. The summed E-state index contributed by atoms with van der Waals surface area (Å²) in [6.07, 6.45) is 1.06. The average Bonchev–Trinajstić information content (AvgIpc) is 2.76. The van der Waals surface area contributed by atoms with Gasteiger partial charge in [-0.15, -0.1) is 0 Å². The van der Waals surface area contributed by atoms with Crippen molar-refractivity contribution in [3.8, 4) is 0 Å². The highest BCUT2D eigenvalue weighted by atomic mass is 79.9. The fourth-order valence-corrected chi connectivity index (χ4v) is 2.69. The van der Waals surface area contributed by atoms with Gasteiger partial charge in [0.05, 0.1) is 17.6 Å². The van der Waals surface area contributed by atoms with Crippen molar-refractivity contribution < 1.29 is 0 Å². The highest BCUT2D eigenvalue weighted by molar-refractivity contribution is 9.10. The lowest BCUT2D eigenvalue weighted by Gasteiger charge is -2.07. The Morgan fingerprint density at radius 2 is 1.80 bits per heavy atom. The summed E-state index contributed by atoms with van der Waals surface area (Å²) >= 11 is 3.50. The van der Waals surface area contributed by atoms with E-state index in [1.807, 2.05) is 16.7 Å². The zero-order valence-electron chi connectivity index (χ0n) is 11.3. The third-order valence-electron chi connectivity index (χ3n) is 3.51. The molecule has 0 amide bonds. The molecule has 20 heavy (non-hydrogen) atoms. The van der Waals surface area contributed by atoms with E-state index in [9.17, 15) is 0 Å². The van der Waals surface area contributed by atoms with Gasteiger partial charge in [-0.2, -0.15) is 0 Å². The Labute approximate surface area is 126 Å². The first-order chi connectivity index (χ1) is 9.67. The molecule has 102 valence electrons. The lowest BCUT2D eigenvalue weighted by molar-refractivity contribution is 0.837. The van der Waals surface area contributed by atoms with Crippen molar-refractivity contribution in [3.05, 3.63) is 58.1 Å². The molecule has 0 unspecified atom stereocenters. The van der Waals surface area contributed by atoms with E-state index in [4.69, 9.17) is 5.73 Å². The van der Waals surface area contributed by atoms with Gasteiger partial charge >= 0.3 is 0 Å². The van der Waals surface area contributed by atoms with Crippen LogP contribution >= 0.6 is 15.9 Å². The number of hydrogen-bond acceptors (Lipinski definition) is 2. The summed E-state index contributed by atoms with van der Waals surface area (Å²) in [5.74, 6) is 0.553. The Balaban J connectivity index is 2.00. The number of nitrogen functional groups attached to an aromatic ring is 1. The highest BCUT2D eigenvalue weighted by Gasteiger charge is 2.09. The maximum absolute atomic E-state index is 6.04. The van der Waals surface area contributed by atoms with Gasteiger partial charge in [0.2, 0.25) is 5.95 Å². The lowest BCUT2D eigenvalue weighted by Crippen LogP contribution is -2.04. The molecule has 0 fully saturated rings. The molecule has 0 saturated carbocycles. The Bertz CT molecular complexity index is 744. The van der Waals surface area contributed by atoms with Crippen LogP contribution in [0.1, 0.15) is 18.1 Å². The number of anilines is 1. The van der Waals surface area contributed by atoms with E-state index < -0.39 is 0 Å². The van der Waals surface area contributed by atoms with Crippen molar-refractivity contribution in [1.82, 2.24) is 9.55 Å². The van der Waals surface area contributed by atoms with E-state index in [0.717, 1.165) is 28.5 Å². The van der Waals surface area contributed by atoms with E-state index >= 15 is 0 Å². The van der Waals surface area contributed by atoms with Crippen molar-refractivity contribution in [2.24, 2.45) is 0 Å². The van der Waals surface area contributed by atoms with Crippen molar-refractivity contribution in [2.75, 3.05) is 5.73 Å². The highest BCUT2D eigenvalue weighted by Crippen LogP contribution is 2.23. The van der Waals surface area contributed by atoms with Gasteiger partial charge in [-0.05, 0) is 35.7 Å². The molecule has 0 spiro atoms. The fourth-order valence-electron chi connectivity index (χ4n) is 2.34. The van der Waals surface area contributed by atoms with Crippen LogP contribution in [0.5, 0.6) is 0 Å².